The molecule has 5 rings (SSSR count). The third-order valence-corrected chi connectivity index (χ3v) is 11.9. The molecule has 0 N–H and O–H groups in total. The molecule has 1 aromatic carbocycles. The van der Waals surface area contributed by atoms with Gasteiger partial charge in [0.15, 0.2) is 5.78 Å². The highest BCUT2D eigenvalue weighted by molar-refractivity contribution is 6.00. The summed E-state index contributed by atoms with van der Waals surface area (Å²) in [6.45, 7) is 30.2. The van der Waals surface area contributed by atoms with Gasteiger partial charge in [-0.15, -0.1) is 0 Å². The summed E-state index contributed by atoms with van der Waals surface area (Å²) in [7, 11) is 0. The van der Waals surface area contributed by atoms with E-state index in [0.29, 0.717) is 17.8 Å². The molecule has 4 aliphatic carbocycles. The second-order valence-corrected chi connectivity index (χ2v) is 13.0. The minimum atomic E-state index is -0.290. The Kier molecular flexibility index (Phi) is 5.47. The van der Waals surface area contributed by atoms with Crippen molar-refractivity contribution in [2.75, 3.05) is 0 Å². The molecule has 1 heteroatoms. The number of hydrogen-bond donors (Lipinski definition) is 0. The number of carbonyl (C=O) groups is 1. The topological polar surface area (TPSA) is 17.1 Å². The summed E-state index contributed by atoms with van der Waals surface area (Å²) in [5.74, 6) is 1.41. The number of carbonyl (C=O) groups excluding carboxylic acids is 1. The van der Waals surface area contributed by atoms with Gasteiger partial charge in [-0.05, 0) is 103 Å². The van der Waals surface area contributed by atoms with Crippen molar-refractivity contribution < 1.29 is 4.79 Å². The van der Waals surface area contributed by atoms with E-state index in [4.69, 9.17) is 6.58 Å². The van der Waals surface area contributed by atoms with Gasteiger partial charge in [-0.1, -0.05) is 83.2 Å². The van der Waals surface area contributed by atoms with Gasteiger partial charge in [-0.2, -0.15) is 0 Å². The lowest BCUT2D eigenvalue weighted by Crippen LogP contribution is -2.58. The Balaban J connectivity index is 1.80. The molecule has 0 aliphatic heterocycles. The van der Waals surface area contributed by atoms with Crippen LogP contribution in [0.15, 0.2) is 65.3 Å². The maximum Gasteiger partial charge on any atom is 0.160 e. The number of benzene rings is 1. The van der Waals surface area contributed by atoms with E-state index in [0.717, 1.165) is 17.6 Å². The van der Waals surface area contributed by atoms with Crippen LogP contribution in [0.1, 0.15) is 109 Å². The number of ketones is 1. The summed E-state index contributed by atoms with van der Waals surface area (Å²) in [4.78, 5) is 12.8. The van der Waals surface area contributed by atoms with Crippen molar-refractivity contribution in [3.05, 3.63) is 87.6 Å². The van der Waals surface area contributed by atoms with Crippen molar-refractivity contribution in [1.82, 2.24) is 0 Å². The molecular weight excluding hydrogens is 436 g/mol. The molecule has 36 heavy (non-hydrogen) atoms. The third kappa shape index (κ3) is 2.75. The maximum atomic E-state index is 12.8. The average molecular weight is 481 g/mol. The number of fused-ring (bicyclic) bond motifs is 3. The predicted octanol–water partition coefficient (Wildman–Crippen LogP) is 9.41. The van der Waals surface area contributed by atoms with E-state index in [9.17, 15) is 4.79 Å². The van der Waals surface area contributed by atoms with Crippen LogP contribution in [-0.2, 0) is 4.79 Å². The molecule has 0 aromatic heterocycles. The second kappa shape index (κ2) is 7.80. The SMILES string of the molecule is C=C1C2=C(C)[C@@]3(C)C(=C)C(C(C)=O)=C(C)C[C@@]3(C)[C@H](C)[C@@]2(C)[C@H](C)c2ccc(C3C=CCC3)c(C)c21. The molecule has 0 fully saturated rings. The zero-order chi connectivity index (χ0) is 26.5. The number of Topliss-reactive ketones (excluding diaryl/α,β-unsaturated/α-hetero) is 1. The molecule has 0 heterocycles. The molecule has 190 valence electrons. The summed E-state index contributed by atoms with van der Waals surface area (Å²) >= 11 is 0. The zero-order valence-corrected chi connectivity index (χ0v) is 24.0. The van der Waals surface area contributed by atoms with Crippen LogP contribution in [0.25, 0.3) is 5.57 Å². The van der Waals surface area contributed by atoms with Crippen molar-refractivity contribution in [3.8, 4) is 0 Å². The van der Waals surface area contributed by atoms with Crippen molar-refractivity contribution in [3.63, 3.8) is 0 Å². The van der Waals surface area contributed by atoms with Crippen molar-refractivity contribution >= 4 is 11.4 Å². The van der Waals surface area contributed by atoms with Gasteiger partial charge in [-0.3, -0.25) is 4.79 Å². The average Bonchev–Trinajstić information content (AvgIpc) is 3.34. The van der Waals surface area contributed by atoms with Gasteiger partial charge in [0.2, 0.25) is 0 Å². The first-order chi connectivity index (χ1) is 16.7. The first kappa shape index (κ1) is 25.2. The fourth-order valence-electron chi connectivity index (χ4n) is 9.35. The highest BCUT2D eigenvalue weighted by Crippen LogP contribution is 2.74. The van der Waals surface area contributed by atoms with E-state index in [-0.39, 0.29) is 22.0 Å². The van der Waals surface area contributed by atoms with Crippen LogP contribution in [-0.4, -0.2) is 5.78 Å². The minimum Gasteiger partial charge on any atom is -0.295 e. The Labute approximate surface area is 219 Å². The summed E-state index contributed by atoms with van der Waals surface area (Å²) in [5, 5.41) is 0. The Morgan fingerprint density at radius 2 is 1.67 bits per heavy atom. The molecule has 0 saturated carbocycles. The van der Waals surface area contributed by atoms with Crippen molar-refractivity contribution in [2.45, 2.75) is 93.4 Å². The minimum absolute atomic E-state index is 0.0366. The standard InChI is InChI=1S/C35H44O/c1-19-18-33(9)26(8)34(10)22(4)29-17-16-28(27-14-12-13-15-27)20(2)31(29)21(3)32(34)24(6)35(33,11)23(5)30(19)25(7)36/h12,14,16-17,22,26-27H,3,5,13,15,18H2,1-2,4,6-11H3/t22-,26+,27?,33+,34-,35-/m1/s1. The molecule has 6 atom stereocenters. The predicted molar refractivity (Wildman–Crippen MR) is 153 cm³/mol. The Morgan fingerprint density at radius 1 is 1.03 bits per heavy atom. The van der Waals surface area contributed by atoms with Crippen LogP contribution < -0.4 is 0 Å². The van der Waals surface area contributed by atoms with Gasteiger partial charge < -0.3 is 0 Å². The highest BCUT2D eigenvalue weighted by Gasteiger charge is 2.65. The lowest BCUT2D eigenvalue weighted by molar-refractivity contribution is -0.114. The van der Waals surface area contributed by atoms with Gasteiger partial charge in [0.05, 0.1) is 0 Å². The van der Waals surface area contributed by atoms with E-state index in [1.807, 2.05) is 0 Å². The maximum absolute atomic E-state index is 12.8. The molecule has 0 bridgehead atoms. The van der Waals surface area contributed by atoms with Crippen LogP contribution in [0.3, 0.4) is 0 Å². The van der Waals surface area contributed by atoms with Gasteiger partial charge >= 0.3 is 0 Å². The van der Waals surface area contributed by atoms with Crippen LogP contribution in [0, 0.1) is 29.1 Å². The monoisotopic (exact) mass is 480 g/mol. The Bertz CT molecular complexity index is 1330. The van der Waals surface area contributed by atoms with Gasteiger partial charge in [0.25, 0.3) is 0 Å². The first-order valence-electron chi connectivity index (χ1n) is 13.9. The number of rotatable bonds is 2. The fourth-order valence-corrected chi connectivity index (χ4v) is 9.35. The summed E-state index contributed by atoms with van der Waals surface area (Å²) in [5.41, 5.74) is 12.4. The Morgan fingerprint density at radius 3 is 2.25 bits per heavy atom. The van der Waals surface area contributed by atoms with Crippen LogP contribution >= 0.6 is 0 Å². The van der Waals surface area contributed by atoms with E-state index >= 15 is 0 Å². The summed E-state index contributed by atoms with van der Waals surface area (Å²) < 4.78 is 0. The lowest BCUT2D eigenvalue weighted by Gasteiger charge is -2.66. The molecule has 0 saturated heterocycles. The zero-order valence-electron chi connectivity index (χ0n) is 24.0. The second-order valence-electron chi connectivity index (χ2n) is 13.0. The molecule has 1 unspecified atom stereocenters. The van der Waals surface area contributed by atoms with E-state index in [1.165, 1.54) is 57.4 Å². The first-order valence-corrected chi connectivity index (χ1v) is 13.9. The Hall–Kier alpha value is -2.41. The number of hydrogen-bond acceptors (Lipinski definition) is 1. The van der Waals surface area contributed by atoms with Crippen molar-refractivity contribution in [1.29, 1.82) is 0 Å². The quantitative estimate of drug-likeness (QED) is 0.385. The summed E-state index contributed by atoms with van der Waals surface area (Å²) in [6, 6.07) is 4.82. The molecule has 1 aromatic rings. The lowest BCUT2D eigenvalue weighted by atomic mass is 9.37. The largest absolute Gasteiger partial charge is 0.295 e. The van der Waals surface area contributed by atoms with Gasteiger partial charge in [0, 0.05) is 22.3 Å². The van der Waals surface area contributed by atoms with Crippen LogP contribution in [0.5, 0.6) is 0 Å². The summed E-state index contributed by atoms with van der Waals surface area (Å²) in [6.07, 6.45) is 8.01. The van der Waals surface area contributed by atoms with E-state index in [2.05, 4.69) is 86.3 Å². The van der Waals surface area contributed by atoms with Crippen LogP contribution in [0.2, 0.25) is 0 Å². The van der Waals surface area contributed by atoms with Crippen molar-refractivity contribution in [2.24, 2.45) is 22.2 Å². The van der Waals surface area contributed by atoms with E-state index < -0.39 is 0 Å². The highest BCUT2D eigenvalue weighted by atomic mass is 16.1. The molecule has 0 spiro atoms. The molecular formula is C35H44O. The normalized spacial score (nSPS) is 37.8. The fraction of sp³-hybridized carbons (Fsp3) is 0.514. The molecule has 0 amide bonds. The molecule has 0 radical (unpaired) electrons. The molecule has 1 nitrogen and oxygen atoms in total. The van der Waals surface area contributed by atoms with Gasteiger partial charge in [-0.25, -0.2) is 0 Å². The third-order valence-electron chi connectivity index (χ3n) is 11.9. The van der Waals surface area contributed by atoms with Gasteiger partial charge in [0.1, 0.15) is 0 Å². The smallest absolute Gasteiger partial charge is 0.160 e. The molecule has 4 aliphatic rings. The van der Waals surface area contributed by atoms with Crippen LogP contribution in [0.4, 0.5) is 0 Å². The number of allylic oxidation sites excluding steroid dienone is 8. The van der Waals surface area contributed by atoms with E-state index in [1.54, 1.807) is 6.92 Å².